The van der Waals surface area contributed by atoms with Crippen LogP contribution in [-0.2, 0) is 4.74 Å². The number of carbonyl (C=O) groups is 1. The van der Waals surface area contributed by atoms with E-state index in [0.29, 0.717) is 12.0 Å². The number of non-ortho nitro benzene ring substituents is 1. The third-order valence-electron chi connectivity index (χ3n) is 2.60. The van der Waals surface area contributed by atoms with Crippen LogP contribution in [0.5, 0.6) is 5.75 Å². The van der Waals surface area contributed by atoms with Crippen LogP contribution in [0.4, 0.5) is 10.5 Å². The minimum Gasteiger partial charge on any atom is -0.506 e. The number of hydrogen-bond donors (Lipinski definition) is 2. The molecule has 0 radical (unpaired) electrons. The van der Waals surface area contributed by atoms with Crippen LogP contribution >= 0.6 is 15.9 Å². The SMILES string of the molecule is O=C1N[C@H](c2cc([N+](=O)[O-])cc(Br)c2O)CCO1. The van der Waals surface area contributed by atoms with E-state index >= 15 is 0 Å². The van der Waals surface area contributed by atoms with Crippen LogP contribution < -0.4 is 5.32 Å². The van der Waals surface area contributed by atoms with Crippen LogP contribution in [0.1, 0.15) is 18.0 Å². The standard InChI is InChI=1S/C10H9BrN2O5/c11-7-4-5(13(16)17)3-6(9(7)14)8-1-2-18-10(15)12-8/h3-4,8,14H,1-2H2,(H,12,15)/t8-/m0/s1. The number of carbonyl (C=O) groups excluding carboxylic acids is 1. The minimum atomic E-state index is -0.603. The van der Waals surface area contributed by atoms with E-state index in [-0.39, 0.29) is 22.5 Å². The monoisotopic (exact) mass is 316 g/mol. The Labute approximate surface area is 110 Å². The Bertz CT molecular complexity index is 519. The zero-order chi connectivity index (χ0) is 13.3. The summed E-state index contributed by atoms with van der Waals surface area (Å²) >= 11 is 3.05. The Balaban J connectivity index is 2.42. The van der Waals surface area contributed by atoms with Gasteiger partial charge >= 0.3 is 6.09 Å². The highest BCUT2D eigenvalue weighted by atomic mass is 79.9. The highest BCUT2D eigenvalue weighted by Gasteiger charge is 2.26. The van der Waals surface area contributed by atoms with E-state index in [1.54, 1.807) is 0 Å². The second-order valence-electron chi connectivity index (χ2n) is 3.74. The first-order chi connectivity index (χ1) is 8.49. The summed E-state index contributed by atoms with van der Waals surface area (Å²) in [6.07, 6.45) is -0.166. The van der Waals surface area contributed by atoms with Crippen molar-refractivity contribution in [3.8, 4) is 5.75 Å². The van der Waals surface area contributed by atoms with Crippen molar-refractivity contribution in [3.63, 3.8) is 0 Å². The molecule has 1 saturated heterocycles. The van der Waals surface area contributed by atoms with Gasteiger partial charge in [0, 0.05) is 24.1 Å². The lowest BCUT2D eigenvalue weighted by molar-refractivity contribution is -0.385. The lowest BCUT2D eigenvalue weighted by atomic mass is 10.0. The van der Waals surface area contributed by atoms with Gasteiger partial charge in [-0.25, -0.2) is 4.79 Å². The summed E-state index contributed by atoms with van der Waals surface area (Å²) in [5, 5.41) is 23.1. The zero-order valence-corrected chi connectivity index (χ0v) is 10.6. The van der Waals surface area contributed by atoms with Crippen molar-refractivity contribution < 1.29 is 19.6 Å². The fourth-order valence-electron chi connectivity index (χ4n) is 1.74. The Kier molecular flexibility index (Phi) is 3.37. The molecule has 0 bridgehead atoms. The number of ether oxygens (including phenoxy) is 1. The molecular formula is C10H9BrN2O5. The molecule has 1 fully saturated rings. The van der Waals surface area contributed by atoms with Crippen molar-refractivity contribution in [3.05, 3.63) is 32.3 Å². The van der Waals surface area contributed by atoms with E-state index in [9.17, 15) is 20.0 Å². The molecule has 1 amide bonds. The van der Waals surface area contributed by atoms with Crippen molar-refractivity contribution in [1.29, 1.82) is 0 Å². The summed E-state index contributed by atoms with van der Waals surface area (Å²) < 4.78 is 4.92. The summed E-state index contributed by atoms with van der Waals surface area (Å²) in [7, 11) is 0. The normalized spacial score (nSPS) is 18.9. The molecule has 0 saturated carbocycles. The lowest BCUT2D eigenvalue weighted by Gasteiger charge is -2.24. The van der Waals surface area contributed by atoms with Gasteiger partial charge in [-0.05, 0) is 15.9 Å². The number of phenols is 1. The van der Waals surface area contributed by atoms with Gasteiger partial charge in [0.05, 0.1) is 22.0 Å². The Morgan fingerprint density at radius 3 is 2.89 bits per heavy atom. The number of amides is 1. The van der Waals surface area contributed by atoms with Gasteiger partial charge in [-0.1, -0.05) is 0 Å². The molecular weight excluding hydrogens is 308 g/mol. The molecule has 7 nitrogen and oxygen atoms in total. The van der Waals surface area contributed by atoms with Gasteiger partial charge in [-0.3, -0.25) is 10.1 Å². The van der Waals surface area contributed by atoms with E-state index < -0.39 is 17.1 Å². The number of cyclic esters (lactones) is 1. The maximum Gasteiger partial charge on any atom is 0.407 e. The number of phenolic OH excluding ortho intramolecular Hbond substituents is 1. The zero-order valence-electron chi connectivity index (χ0n) is 9.05. The number of rotatable bonds is 2. The number of halogens is 1. The van der Waals surface area contributed by atoms with Crippen molar-refractivity contribution in [2.24, 2.45) is 0 Å². The number of nitrogens with one attached hydrogen (secondary N) is 1. The highest BCUT2D eigenvalue weighted by Crippen LogP contribution is 2.37. The second kappa shape index (κ2) is 4.81. The Hall–Kier alpha value is -1.83. The predicted molar refractivity (Wildman–Crippen MR) is 64.3 cm³/mol. The quantitative estimate of drug-likeness (QED) is 0.643. The minimum absolute atomic E-state index is 0.118. The lowest BCUT2D eigenvalue weighted by Crippen LogP contribution is -2.35. The first-order valence-corrected chi connectivity index (χ1v) is 5.88. The number of aromatic hydroxyl groups is 1. The fourth-order valence-corrected chi connectivity index (χ4v) is 2.20. The molecule has 1 atom stereocenters. The smallest absolute Gasteiger partial charge is 0.407 e. The first kappa shape index (κ1) is 12.6. The van der Waals surface area contributed by atoms with Gasteiger partial charge in [0.15, 0.2) is 0 Å². The van der Waals surface area contributed by atoms with Crippen LogP contribution in [0.3, 0.4) is 0 Å². The van der Waals surface area contributed by atoms with E-state index in [1.807, 2.05) is 0 Å². The average molecular weight is 317 g/mol. The number of nitrogens with zero attached hydrogens (tertiary/aromatic N) is 1. The fraction of sp³-hybridized carbons (Fsp3) is 0.300. The molecule has 8 heteroatoms. The Morgan fingerprint density at radius 1 is 1.56 bits per heavy atom. The van der Waals surface area contributed by atoms with Crippen molar-refractivity contribution in [2.75, 3.05) is 6.61 Å². The predicted octanol–water partition coefficient (Wildman–Crippen LogP) is 2.23. The molecule has 96 valence electrons. The molecule has 18 heavy (non-hydrogen) atoms. The van der Waals surface area contributed by atoms with Crippen molar-refractivity contribution in [2.45, 2.75) is 12.5 Å². The molecule has 1 aromatic rings. The largest absolute Gasteiger partial charge is 0.506 e. The first-order valence-electron chi connectivity index (χ1n) is 5.09. The van der Waals surface area contributed by atoms with Gasteiger partial charge < -0.3 is 15.2 Å². The number of benzene rings is 1. The molecule has 1 aliphatic rings. The molecule has 0 aliphatic carbocycles. The second-order valence-corrected chi connectivity index (χ2v) is 4.60. The molecule has 1 aromatic carbocycles. The van der Waals surface area contributed by atoms with Gasteiger partial charge in [-0.15, -0.1) is 0 Å². The van der Waals surface area contributed by atoms with E-state index in [4.69, 9.17) is 4.74 Å². The summed E-state index contributed by atoms with van der Waals surface area (Å²) in [6, 6.07) is 1.96. The van der Waals surface area contributed by atoms with Crippen LogP contribution in [0, 0.1) is 10.1 Å². The molecule has 2 rings (SSSR count). The molecule has 0 unspecified atom stereocenters. The number of alkyl carbamates (subject to hydrolysis) is 1. The average Bonchev–Trinajstić information content (AvgIpc) is 2.32. The van der Waals surface area contributed by atoms with Crippen LogP contribution in [0.15, 0.2) is 16.6 Å². The maximum atomic E-state index is 11.1. The van der Waals surface area contributed by atoms with Gasteiger partial charge in [-0.2, -0.15) is 0 Å². The number of nitro benzene ring substituents is 1. The summed E-state index contributed by atoms with van der Waals surface area (Å²) in [6.45, 7) is 0.205. The molecule has 0 aromatic heterocycles. The maximum absolute atomic E-state index is 11.1. The van der Waals surface area contributed by atoms with E-state index in [2.05, 4.69) is 21.2 Å². The van der Waals surface area contributed by atoms with Crippen LogP contribution in [0.25, 0.3) is 0 Å². The topological polar surface area (TPSA) is 102 Å². The van der Waals surface area contributed by atoms with Gasteiger partial charge in [0.25, 0.3) is 5.69 Å². The van der Waals surface area contributed by atoms with Crippen LogP contribution in [0.2, 0.25) is 0 Å². The molecule has 0 spiro atoms. The van der Waals surface area contributed by atoms with Gasteiger partial charge in [0.1, 0.15) is 5.75 Å². The molecule has 1 aliphatic heterocycles. The summed E-state index contributed by atoms with van der Waals surface area (Å²) in [5.74, 6) is -0.118. The third kappa shape index (κ3) is 2.37. The summed E-state index contributed by atoms with van der Waals surface area (Å²) in [4.78, 5) is 21.3. The van der Waals surface area contributed by atoms with Crippen LogP contribution in [-0.4, -0.2) is 22.7 Å². The van der Waals surface area contributed by atoms with Crippen molar-refractivity contribution >= 4 is 27.7 Å². The Morgan fingerprint density at radius 2 is 2.28 bits per heavy atom. The number of nitro groups is 1. The van der Waals surface area contributed by atoms with Gasteiger partial charge in [0.2, 0.25) is 0 Å². The molecule has 1 heterocycles. The summed E-state index contributed by atoms with van der Waals surface area (Å²) in [5.41, 5.74) is 0.142. The van der Waals surface area contributed by atoms with E-state index in [0.717, 1.165) is 0 Å². The van der Waals surface area contributed by atoms with Crippen molar-refractivity contribution in [1.82, 2.24) is 5.32 Å². The third-order valence-corrected chi connectivity index (χ3v) is 3.20. The highest BCUT2D eigenvalue weighted by molar-refractivity contribution is 9.10. The van der Waals surface area contributed by atoms with E-state index in [1.165, 1.54) is 12.1 Å². The number of hydrogen-bond acceptors (Lipinski definition) is 5. The molecule has 2 N–H and O–H groups in total.